The van der Waals surface area contributed by atoms with Crippen LogP contribution in [0.5, 0.6) is 0 Å². The van der Waals surface area contributed by atoms with E-state index >= 15 is 0 Å². The molecule has 40 heavy (non-hydrogen) atoms. The first-order chi connectivity index (χ1) is 19.5. The van der Waals surface area contributed by atoms with Gasteiger partial charge in [0, 0.05) is 7.05 Å². The lowest BCUT2D eigenvalue weighted by molar-refractivity contribution is 0.944. The van der Waals surface area contributed by atoms with Crippen LogP contribution in [0.1, 0.15) is 17.3 Å². The van der Waals surface area contributed by atoms with Crippen molar-refractivity contribution in [2.45, 2.75) is 20.8 Å². The van der Waals surface area contributed by atoms with Gasteiger partial charge in [-0.25, -0.2) is 59.8 Å². The van der Waals surface area contributed by atoms with Crippen LogP contribution in [0.2, 0.25) is 0 Å². The fourth-order valence-corrected chi connectivity index (χ4v) is 3.46. The van der Waals surface area contributed by atoms with E-state index in [4.69, 9.17) is 0 Å². The predicted molar refractivity (Wildman–Crippen MR) is 146 cm³/mol. The molecule has 8 aromatic heterocycles. The molecule has 16 nitrogen and oxygen atoms in total. The minimum atomic E-state index is 0.729. The van der Waals surface area contributed by atoms with Gasteiger partial charge in [-0.15, -0.1) is 0 Å². The zero-order valence-electron chi connectivity index (χ0n) is 22.0. The van der Waals surface area contributed by atoms with Gasteiger partial charge in [-0.3, -0.25) is 0 Å². The number of fused-ring (bicyclic) bond motifs is 4. The van der Waals surface area contributed by atoms with E-state index in [0.717, 1.165) is 62.0 Å². The number of nitrogens with one attached hydrogen (secondary N) is 3. The third-order valence-corrected chi connectivity index (χ3v) is 5.39. The van der Waals surface area contributed by atoms with E-state index in [2.05, 4.69) is 74.8 Å². The molecule has 0 radical (unpaired) electrons. The maximum absolute atomic E-state index is 4.11. The molecule has 0 saturated carbocycles. The molecule has 0 bridgehead atoms. The standard InChI is InChI=1S/4C6H6N4/c1-10-4-9-6-5(10)2-7-3-8-6;1-4-5-6(9-2-7-4)10-3-8-5;1-4-7-2-5-6(10-4)9-3-8-5;1-4-9-5-2-7-3-8-6(5)10-4/h2-4H,1H3;3*2-3H,1H3,(H,7,8,9,10). The number of imidazole rings is 4. The monoisotopic (exact) mass is 536 g/mol. The Morgan fingerprint density at radius 2 is 1.35 bits per heavy atom. The summed E-state index contributed by atoms with van der Waals surface area (Å²) in [5, 5.41) is 0. The van der Waals surface area contributed by atoms with Gasteiger partial charge in [0.25, 0.3) is 0 Å². The average molecular weight is 537 g/mol. The summed E-state index contributed by atoms with van der Waals surface area (Å²) in [7, 11) is 1.92. The second-order valence-corrected chi connectivity index (χ2v) is 8.29. The van der Waals surface area contributed by atoms with Crippen LogP contribution in [-0.4, -0.2) is 79.3 Å². The Bertz CT molecular complexity index is 1930. The summed E-state index contributed by atoms with van der Waals surface area (Å²) in [4.78, 5) is 56.6. The molecular weight excluding hydrogens is 512 g/mol. The normalized spacial score (nSPS) is 10.5. The lowest BCUT2D eigenvalue weighted by atomic mass is 10.4. The van der Waals surface area contributed by atoms with Gasteiger partial charge in [0.05, 0.1) is 43.3 Å². The third kappa shape index (κ3) is 6.01. The van der Waals surface area contributed by atoms with Gasteiger partial charge in [-0.1, -0.05) is 0 Å². The van der Waals surface area contributed by atoms with Crippen molar-refractivity contribution in [1.29, 1.82) is 0 Å². The van der Waals surface area contributed by atoms with Crippen molar-refractivity contribution in [3.63, 3.8) is 0 Å². The fourth-order valence-electron chi connectivity index (χ4n) is 3.46. The number of aromatic nitrogens is 16. The molecule has 0 unspecified atom stereocenters. The van der Waals surface area contributed by atoms with Gasteiger partial charge >= 0.3 is 0 Å². The van der Waals surface area contributed by atoms with Crippen LogP contribution in [0.25, 0.3) is 44.7 Å². The summed E-state index contributed by atoms with van der Waals surface area (Å²) in [5.41, 5.74) is 7.52. The molecule has 0 fully saturated rings. The number of aryl methyl sites for hydroxylation is 4. The van der Waals surface area contributed by atoms with Gasteiger partial charge in [0.15, 0.2) is 22.6 Å². The molecule has 0 atom stereocenters. The first-order valence-electron chi connectivity index (χ1n) is 11.9. The first-order valence-corrected chi connectivity index (χ1v) is 11.9. The molecule has 3 N–H and O–H groups in total. The molecule has 8 aromatic rings. The summed E-state index contributed by atoms with van der Waals surface area (Å²) >= 11 is 0. The second kappa shape index (κ2) is 11.7. The van der Waals surface area contributed by atoms with Gasteiger partial charge in [-0.05, 0) is 20.8 Å². The fraction of sp³-hybridized carbons (Fsp3) is 0.167. The van der Waals surface area contributed by atoms with E-state index in [1.165, 1.54) is 19.0 Å². The molecular formula is C24H24N16. The minimum absolute atomic E-state index is 0.729. The topological polar surface area (TPSA) is 207 Å². The van der Waals surface area contributed by atoms with Crippen LogP contribution >= 0.6 is 0 Å². The quantitative estimate of drug-likeness (QED) is 0.255. The van der Waals surface area contributed by atoms with Crippen LogP contribution in [0.3, 0.4) is 0 Å². The molecule has 0 aliphatic heterocycles. The molecule has 0 aliphatic rings. The number of nitrogens with zero attached hydrogens (tertiary/aromatic N) is 13. The number of hydrogen-bond donors (Lipinski definition) is 3. The van der Waals surface area contributed by atoms with E-state index < -0.39 is 0 Å². The van der Waals surface area contributed by atoms with E-state index in [9.17, 15) is 0 Å². The average Bonchev–Trinajstić information content (AvgIpc) is 3.76. The highest BCUT2D eigenvalue weighted by atomic mass is 15.1. The van der Waals surface area contributed by atoms with Crippen molar-refractivity contribution >= 4 is 44.7 Å². The zero-order valence-corrected chi connectivity index (χ0v) is 22.0. The van der Waals surface area contributed by atoms with Crippen LogP contribution in [0.15, 0.2) is 56.6 Å². The molecule has 8 heterocycles. The van der Waals surface area contributed by atoms with E-state index in [1.54, 1.807) is 37.6 Å². The van der Waals surface area contributed by atoms with Crippen molar-refractivity contribution in [1.82, 2.24) is 79.3 Å². The lowest BCUT2D eigenvalue weighted by Crippen LogP contribution is -1.85. The summed E-state index contributed by atoms with van der Waals surface area (Å²) in [6.45, 7) is 5.65. The summed E-state index contributed by atoms with van der Waals surface area (Å²) < 4.78 is 1.88. The Morgan fingerprint density at radius 3 is 2.15 bits per heavy atom. The number of aromatic amines is 3. The van der Waals surface area contributed by atoms with Crippen LogP contribution in [0, 0.1) is 20.8 Å². The number of rotatable bonds is 0. The Kier molecular flexibility index (Phi) is 7.57. The van der Waals surface area contributed by atoms with Crippen molar-refractivity contribution < 1.29 is 0 Å². The van der Waals surface area contributed by atoms with Crippen LogP contribution in [0.4, 0.5) is 0 Å². The van der Waals surface area contributed by atoms with Crippen LogP contribution < -0.4 is 0 Å². The molecule has 0 aliphatic carbocycles. The van der Waals surface area contributed by atoms with E-state index in [0.29, 0.717) is 0 Å². The second-order valence-electron chi connectivity index (χ2n) is 8.29. The Labute approximate surface area is 225 Å². The van der Waals surface area contributed by atoms with Crippen LogP contribution in [-0.2, 0) is 7.05 Å². The predicted octanol–water partition coefficient (Wildman–Crippen LogP) is 2.35. The van der Waals surface area contributed by atoms with Crippen molar-refractivity contribution in [3.05, 3.63) is 73.9 Å². The maximum Gasteiger partial charge on any atom is 0.180 e. The van der Waals surface area contributed by atoms with Gasteiger partial charge in [-0.2, -0.15) is 0 Å². The molecule has 0 saturated heterocycles. The van der Waals surface area contributed by atoms with Crippen molar-refractivity contribution in [2.75, 3.05) is 0 Å². The molecule has 0 amide bonds. The SMILES string of the molecule is Cc1nc2ncncc2[nH]1.Cc1ncc2[nH]cnc2n1.Cc1ncnc2nc[nH]c12.Cn1cnc2ncncc21. The van der Waals surface area contributed by atoms with E-state index in [1.807, 2.05) is 32.4 Å². The Morgan fingerprint density at radius 1 is 0.625 bits per heavy atom. The third-order valence-electron chi connectivity index (χ3n) is 5.39. The molecule has 0 spiro atoms. The highest BCUT2D eigenvalue weighted by molar-refractivity contribution is 5.71. The lowest BCUT2D eigenvalue weighted by Gasteiger charge is -1.89. The van der Waals surface area contributed by atoms with Gasteiger partial charge < -0.3 is 19.5 Å². The van der Waals surface area contributed by atoms with Crippen molar-refractivity contribution in [3.8, 4) is 0 Å². The van der Waals surface area contributed by atoms with Crippen molar-refractivity contribution in [2.24, 2.45) is 7.05 Å². The largest absolute Gasteiger partial charge is 0.342 e. The molecule has 200 valence electrons. The Hall–Kier alpha value is -5.80. The number of H-pyrrole nitrogens is 3. The molecule has 0 aromatic carbocycles. The van der Waals surface area contributed by atoms with E-state index in [-0.39, 0.29) is 0 Å². The molecule has 8 rings (SSSR count). The first kappa shape index (κ1) is 25.8. The Balaban J connectivity index is 0.000000108. The highest BCUT2D eigenvalue weighted by Crippen LogP contribution is 2.07. The summed E-state index contributed by atoms with van der Waals surface area (Å²) in [6.07, 6.45) is 14.6. The highest BCUT2D eigenvalue weighted by Gasteiger charge is 1.99. The van der Waals surface area contributed by atoms with Gasteiger partial charge in [0.2, 0.25) is 0 Å². The minimum Gasteiger partial charge on any atom is -0.342 e. The zero-order chi connectivity index (χ0) is 27.9. The summed E-state index contributed by atoms with van der Waals surface area (Å²) in [6, 6.07) is 0. The summed E-state index contributed by atoms with van der Waals surface area (Å²) in [5.74, 6) is 1.62. The number of hydrogen-bond acceptors (Lipinski definition) is 12. The molecule has 16 heteroatoms. The maximum atomic E-state index is 4.11. The van der Waals surface area contributed by atoms with Gasteiger partial charge in [0.1, 0.15) is 52.7 Å². The smallest absolute Gasteiger partial charge is 0.180 e.